The highest BCUT2D eigenvalue weighted by Crippen LogP contribution is 2.11. The second-order valence-electron chi connectivity index (χ2n) is 3.12. The molecule has 0 aliphatic heterocycles. The van der Waals surface area contributed by atoms with E-state index in [2.05, 4.69) is 11.3 Å². The van der Waals surface area contributed by atoms with Gasteiger partial charge in [0.15, 0.2) is 5.70 Å². The molecule has 0 spiro atoms. The second kappa shape index (κ2) is 5.79. The van der Waals surface area contributed by atoms with Crippen molar-refractivity contribution in [1.29, 1.82) is 0 Å². The third kappa shape index (κ3) is 3.14. The number of hydrogen-bond acceptors (Lipinski definition) is 3. The van der Waals surface area contributed by atoms with Gasteiger partial charge >= 0.3 is 5.97 Å². The number of nitrogens with zero attached hydrogens (tertiary/aromatic N) is 1. The summed E-state index contributed by atoms with van der Waals surface area (Å²) in [6, 6.07) is 7.75. The molecular weight excluding hydrogens is 225 g/mol. The molecule has 1 aromatic carbocycles. The summed E-state index contributed by atoms with van der Waals surface area (Å²) in [6.45, 7) is 4.84. The maximum absolute atomic E-state index is 13.5. The predicted molar refractivity (Wildman–Crippen MR) is 59.5 cm³/mol. The van der Waals surface area contributed by atoms with Crippen molar-refractivity contribution >= 4 is 11.9 Å². The van der Waals surface area contributed by atoms with Gasteiger partial charge in [-0.05, 0) is 19.1 Å². The molecule has 0 bridgehead atoms. The van der Waals surface area contributed by atoms with Crippen LogP contribution in [0, 0.1) is 0 Å². The Morgan fingerprint density at radius 1 is 1.35 bits per heavy atom. The van der Waals surface area contributed by atoms with Crippen LogP contribution in [-0.4, -0.2) is 23.6 Å². The Morgan fingerprint density at radius 2 is 1.94 bits per heavy atom. The average molecular weight is 237 g/mol. The number of rotatable bonds is 4. The zero-order valence-corrected chi connectivity index (χ0v) is 9.35. The van der Waals surface area contributed by atoms with E-state index in [9.17, 15) is 14.1 Å². The van der Waals surface area contributed by atoms with E-state index < -0.39 is 17.6 Å². The van der Waals surface area contributed by atoms with Crippen LogP contribution < -0.4 is 0 Å². The summed E-state index contributed by atoms with van der Waals surface area (Å²) >= 11 is 0. The van der Waals surface area contributed by atoms with Gasteiger partial charge in [-0.1, -0.05) is 29.3 Å². The summed E-state index contributed by atoms with van der Waals surface area (Å²) < 4.78 is 18.1. The molecule has 0 saturated carbocycles. The third-order valence-electron chi connectivity index (χ3n) is 1.95. The maximum Gasteiger partial charge on any atom is 0.357 e. The minimum Gasteiger partial charge on any atom is -0.461 e. The normalized spacial score (nSPS) is 9.53. The number of hydrogen-bond donors (Lipinski definition) is 0. The van der Waals surface area contributed by atoms with Gasteiger partial charge in [-0.3, -0.25) is 4.79 Å². The Kier molecular flexibility index (Phi) is 4.39. The molecule has 0 atom stereocenters. The molecule has 1 aromatic rings. The van der Waals surface area contributed by atoms with Crippen molar-refractivity contribution in [3.8, 4) is 0 Å². The molecule has 0 aromatic heterocycles. The molecule has 90 valence electrons. The summed E-state index contributed by atoms with van der Waals surface area (Å²) in [5, 5.41) is -0.312. The number of amides is 1. The molecule has 0 unspecified atom stereocenters. The van der Waals surface area contributed by atoms with E-state index in [1.54, 1.807) is 25.1 Å². The minimum atomic E-state index is -0.959. The molecule has 17 heavy (non-hydrogen) atoms. The Labute approximate surface area is 98.2 Å². The van der Waals surface area contributed by atoms with E-state index in [1.807, 2.05) is 0 Å². The quantitative estimate of drug-likeness (QED) is 0.457. The molecule has 0 saturated heterocycles. The molecular formula is C12H12FNO3. The lowest BCUT2D eigenvalue weighted by Crippen LogP contribution is -2.27. The molecule has 4 nitrogen and oxygen atoms in total. The highest BCUT2D eigenvalue weighted by molar-refractivity contribution is 5.99. The summed E-state index contributed by atoms with van der Waals surface area (Å²) in [5.41, 5.74) is -0.513. The first-order chi connectivity index (χ1) is 8.07. The van der Waals surface area contributed by atoms with E-state index in [0.29, 0.717) is 0 Å². The first-order valence-corrected chi connectivity index (χ1v) is 4.99. The SMILES string of the molecule is C=C(C(=O)OCC)N(F)C(=O)c1ccccc1. The van der Waals surface area contributed by atoms with E-state index in [1.165, 1.54) is 12.1 Å². The van der Waals surface area contributed by atoms with Gasteiger partial charge in [-0.2, -0.15) is 0 Å². The maximum atomic E-state index is 13.5. The molecule has 5 heteroatoms. The fourth-order valence-corrected chi connectivity index (χ4v) is 1.11. The van der Waals surface area contributed by atoms with Crippen LogP contribution in [0.1, 0.15) is 17.3 Å². The third-order valence-corrected chi connectivity index (χ3v) is 1.95. The van der Waals surface area contributed by atoms with Gasteiger partial charge in [0.2, 0.25) is 0 Å². The largest absolute Gasteiger partial charge is 0.461 e. The lowest BCUT2D eigenvalue weighted by Gasteiger charge is -2.13. The standard InChI is InChI=1S/C12H12FNO3/c1-3-17-12(16)9(2)14(13)11(15)10-7-5-4-6-8-10/h4-8H,2-3H2,1H3. The van der Waals surface area contributed by atoms with Crippen molar-refractivity contribution < 1.29 is 18.8 Å². The van der Waals surface area contributed by atoms with Crippen LogP contribution in [-0.2, 0) is 9.53 Å². The van der Waals surface area contributed by atoms with Gasteiger partial charge in [0, 0.05) is 5.56 Å². The van der Waals surface area contributed by atoms with Crippen molar-refractivity contribution in [3.05, 3.63) is 48.2 Å². The zero-order chi connectivity index (χ0) is 12.8. The lowest BCUT2D eigenvalue weighted by atomic mass is 10.2. The number of esters is 1. The molecule has 1 amide bonds. The average Bonchev–Trinajstić information content (AvgIpc) is 2.37. The van der Waals surface area contributed by atoms with E-state index in [0.717, 1.165) is 0 Å². The van der Waals surface area contributed by atoms with E-state index >= 15 is 0 Å². The molecule has 0 aliphatic carbocycles. The topological polar surface area (TPSA) is 46.6 Å². The monoisotopic (exact) mass is 237 g/mol. The molecule has 0 heterocycles. The van der Waals surface area contributed by atoms with Gasteiger partial charge < -0.3 is 4.74 Å². The molecule has 0 fully saturated rings. The van der Waals surface area contributed by atoms with Crippen LogP contribution in [0.2, 0.25) is 0 Å². The smallest absolute Gasteiger partial charge is 0.357 e. The fourth-order valence-electron chi connectivity index (χ4n) is 1.11. The van der Waals surface area contributed by atoms with Gasteiger partial charge in [-0.25, -0.2) is 4.79 Å². The van der Waals surface area contributed by atoms with Crippen LogP contribution in [0.5, 0.6) is 0 Å². The molecule has 0 aliphatic rings. The molecule has 0 radical (unpaired) electrons. The Morgan fingerprint density at radius 3 is 2.47 bits per heavy atom. The summed E-state index contributed by atoms with van der Waals surface area (Å²) in [4.78, 5) is 22.7. The van der Waals surface area contributed by atoms with Crippen molar-refractivity contribution in [3.63, 3.8) is 0 Å². The Hall–Kier alpha value is -2.17. The first kappa shape index (κ1) is 12.9. The predicted octanol–water partition coefficient (Wildman–Crippen LogP) is 2.09. The second-order valence-corrected chi connectivity index (χ2v) is 3.12. The van der Waals surface area contributed by atoms with Crippen LogP contribution in [0.15, 0.2) is 42.6 Å². The van der Waals surface area contributed by atoms with Crippen LogP contribution >= 0.6 is 0 Å². The summed E-state index contributed by atoms with van der Waals surface area (Å²) in [6.07, 6.45) is 0. The fraction of sp³-hybridized carbons (Fsp3) is 0.167. The van der Waals surface area contributed by atoms with Gasteiger partial charge in [0.1, 0.15) is 0 Å². The highest BCUT2D eigenvalue weighted by Gasteiger charge is 2.23. The van der Waals surface area contributed by atoms with Crippen molar-refractivity contribution in [1.82, 2.24) is 5.12 Å². The Balaban J connectivity index is 2.77. The van der Waals surface area contributed by atoms with Crippen LogP contribution in [0.3, 0.4) is 0 Å². The number of benzene rings is 1. The van der Waals surface area contributed by atoms with Gasteiger partial charge in [0.25, 0.3) is 5.91 Å². The van der Waals surface area contributed by atoms with E-state index in [-0.39, 0.29) is 17.3 Å². The number of halogens is 1. The lowest BCUT2D eigenvalue weighted by molar-refractivity contribution is -0.141. The summed E-state index contributed by atoms with van der Waals surface area (Å²) in [5.74, 6) is -1.91. The minimum absolute atomic E-state index is 0.0885. The zero-order valence-electron chi connectivity index (χ0n) is 9.35. The molecule has 0 N–H and O–H groups in total. The van der Waals surface area contributed by atoms with E-state index in [4.69, 9.17) is 0 Å². The van der Waals surface area contributed by atoms with Gasteiger partial charge in [-0.15, -0.1) is 5.12 Å². The number of carbonyl (C=O) groups excluding carboxylic acids is 2. The number of carbonyl (C=O) groups is 2. The Bertz CT molecular complexity index is 431. The molecule has 1 rings (SSSR count). The van der Waals surface area contributed by atoms with Crippen LogP contribution in [0.4, 0.5) is 4.48 Å². The first-order valence-electron chi connectivity index (χ1n) is 4.99. The summed E-state index contributed by atoms with van der Waals surface area (Å²) in [7, 11) is 0. The van der Waals surface area contributed by atoms with Crippen molar-refractivity contribution in [2.75, 3.05) is 6.61 Å². The highest BCUT2D eigenvalue weighted by atomic mass is 19.2. The van der Waals surface area contributed by atoms with Crippen molar-refractivity contribution in [2.45, 2.75) is 6.92 Å². The van der Waals surface area contributed by atoms with Crippen LogP contribution in [0.25, 0.3) is 0 Å². The van der Waals surface area contributed by atoms with Crippen molar-refractivity contribution in [2.24, 2.45) is 0 Å². The number of ether oxygens (including phenoxy) is 1. The van der Waals surface area contributed by atoms with Gasteiger partial charge in [0.05, 0.1) is 6.61 Å².